The molecule has 0 unspecified atom stereocenters. The number of aliphatic hydroxyl groups excluding tert-OH is 1. The molecule has 1 heterocycles. The van der Waals surface area contributed by atoms with E-state index in [0.717, 1.165) is 16.7 Å². The second kappa shape index (κ2) is 7.33. The molecular weight excluding hydrogens is 332 g/mol. The predicted molar refractivity (Wildman–Crippen MR) is 97.1 cm³/mol. The van der Waals surface area contributed by atoms with Crippen molar-refractivity contribution in [2.45, 2.75) is 20.1 Å². The highest BCUT2D eigenvalue weighted by Gasteiger charge is 2.09. The summed E-state index contributed by atoms with van der Waals surface area (Å²) in [7, 11) is 0. The molecule has 0 bridgehead atoms. The molecule has 0 aliphatic carbocycles. The topological polar surface area (TPSA) is 92.4 Å². The van der Waals surface area contributed by atoms with Gasteiger partial charge in [0.05, 0.1) is 24.4 Å². The Balaban J connectivity index is 2.00. The minimum absolute atomic E-state index is 0.0745. The fraction of sp³-hybridized carbons (Fsp3) is 0.150. The minimum atomic E-state index is -1.02. The summed E-state index contributed by atoms with van der Waals surface area (Å²) in [4.78, 5) is 23.3. The van der Waals surface area contributed by atoms with Gasteiger partial charge < -0.3 is 10.2 Å². The molecule has 2 aromatic carbocycles. The summed E-state index contributed by atoms with van der Waals surface area (Å²) in [6.07, 6.45) is 0. The summed E-state index contributed by atoms with van der Waals surface area (Å²) in [5, 5.41) is 22.9. The second-order valence-electron chi connectivity index (χ2n) is 6.03. The van der Waals surface area contributed by atoms with Gasteiger partial charge in [-0.2, -0.15) is 5.10 Å². The van der Waals surface area contributed by atoms with Crippen LogP contribution in [0.25, 0.3) is 11.3 Å². The number of carboxylic acids is 1. The van der Waals surface area contributed by atoms with Crippen LogP contribution in [0.15, 0.2) is 59.4 Å². The average Bonchev–Trinajstić information content (AvgIpc) is 2.64. The first-order valence-corrected chi connectivity index (χ1v) is 8.09. The fourth-order valence-corrected chi connectivity index (χ4v) is 2.72. The zero-order chi connectivity index (χ0) is 18.7. The van der Waals surface area contributed by atoms with Gasteiger partial charge in [-0.3, -0.25) is 4.79 Å². The Morgan fingerprint density at radius 2 is 1.88 bits per heavy atom. The van der Waals surface area contributed by atoms with Crippen molar-refractivity contribution in [3.05, 3.63) is 87.2 Å². The number of benzene rings is 2. The van der Waals surface area contributed by atoms with E-state index in [2.05, 4.69) is 5.10 Å². The smallest absolute Gasteiger partial charge is 0.335 e. The molecule has 1 aromatic heterocycles. The first-order chi connectivity index (χ1) is 12.5. The molecule has 132 valence electrons. The largest absolute Gasteiger partial charge is 0.478 e. The SMILES string of the molecule is Cc1ccc(CO)cc1-c1ccc(=O)n(Cc2cccc(C(=O)O)c2)n1. The summed E-state index contributed by atoms with van der Waals surface area (Å²) in [6, 6.07) is 15.1. The number of aryl methyl sites for hydroxylation is 1. The second-order valence-corrected chi connectivity index (χ2v) is 6.03. The summed E-state index contributed by atoms with van der Waals surface area (Å²) in [5.74, 6) is -1.02. The summed E-state index contributed by atoms with van der Waals surface area (Å²) in [5.41, 5.74) is 3.77. The molecule has 0 spiro atoms. The van der Waals surface area contributed by atoms with Crippen molar-refractivity contribution in [3.8, 4) is 11.3 Å². The highest BCUT2D eigenvalue weighted by Crippen LogP contribution is 2.22. The first-order valence-electron chi connectivity index (χ1n) is 8.09. The first kappa shape index (κ1) is 17.6. The van der Waals surface area contributed by atoms with Gasteiger partial charge in [0.1, 0.15) is 0 Å². The lowest BCUT2D eigenvalue weighted by molar-refractivity contribution is 0.0696. The van der Waals surface area contributed by atoms with E-state index in [4.69, 9.17) is 5.11 Å². The molecule has 26 heavy (non-hydrogen) atoms. The van der Waals surface area contributed by atoms with E-state index < -0.39 is 5.97 Å². The molecule has 3 aromatic rings. The number of nitrogens with zero attached hydrogens (tertiary/aromatic N) is 2. The van der Waals surface area contributed by atoms with Crippen LogP contribution in [0.5, 0.6) is 0 Å². The van der Waals surface area contributed by atoms with E-state index >= 15 is 0 Å². The van der Waals surface area contributed by atoms with Crippen LogP contribution in [0.2, 0.25) is 0 Å². The molecule has 0 amide bonds. The standard InChI is InChI=1S/C20H18N2O4/c1-13-5-6-15(12-23)10-17(13)18-7-8-19(24)22(21-18)11-14-3-2-4-16(9-14)20(25)26/h2-10,23H,11-12H2,1H3,(H,25,26). The number of carbonyl (C=O) groups is 1. The Morgan fingerprint density at radius 3 is 2.62 bits per heavy atom. The van der Waals surface area contributed by atoms with E-state index in [-0.39, 0.29) is 24.3 Å². The molecule has 0 saturated carbocycles. The van der Waals surface area contributed by atoms with Crippen molar-refractivity contribution < 1.29 is 15.0 Å². The maximum Gasteiger partial charge on any atom is 0.335 e. The molecule has 3 rings (SSSR count). The molecule has 0 saturated heterocycles. The van der Waals surface area contributed by atoms with Crippen LogP contribution in [-0.2, 0) is 13.2 Å². The summed E-state index contributed by atoms with van der Waals surface area (Å²) < 4.78 is 1.31. The third kappa shape index (κ3) is 3.70. The van der Waals surface area contributed by atoms with Gasteiger partial charge in [0, 0.05) is 11.6 Å². The Kier molecular flexibility index (Phi) is 4.95. The number of hydrogen-bond donors (Lipinski definition) is 2. The number of aromatic carboxylic acids is 1. The van der Waals surface area contributed by atoms with Gasteiger partial charge in [-0.1, -0.05) is 24.3 Å². The number of hydrogen-bond acceptors (Lipinski definition) is 4. The lowest BCUT2D eigenvalue weighted by Crippen LogP contribution is -2.23. The van der Waals surface area contributed by atoms with Crippen LogP contribution in [0.1, 0.15) is 27.0 Å². The average molecular weight is 350 g/mol. The van der Waals surface area contributed by atoms with Crippen LogP contribution >= 0.6 is 0 Å². The van der Waals surface area contributed by atoms with Crippen molar-refractivity contribution in [1.82, 2.24) is 9.78 Å². The van der Waals surface area contributed by atoms with E-state index in [1.165, 1.54) is 22.9 Å². The zero-order valence-electron chi connectivity index (χ0n) is 14.2. The molecule has 0 aliphatic rings. The number of rotatable bonds is 5. The van der Waals surface area contributed by atoms with Crippen molar-refractivity contribution in [2.75, 3.05) is 0 Å². The van der Waals surface area contributed by atoms with Crippen molar-refractivity contribution in [2.24, 2.45) is 0 Å². The molecule has 6 nitrogen and oxygen atoms in total. The molecule has 0 radical (unpaired) electrons. The van der Waals surface area contributed by atoms with Gasteiger partial charge in [-0.25, -0.2) is 9.48 Å². The fourth-order valence-electron chi connectivity index (χ4n) is 2.72. The molecular formula is C20H18N2O4. The Hall–Kier alpha value is -3.25. The van der Waals surface area contributed by atoms with E-state index in [1.54, 1.807) is 18.2 Å². The molecule has 6 heteroatoms. The van der Waals surface area contributed by atoms with Gasteiger partial charge in [0.15, 0.2) is 0 Å². The van der Waals surface area contributed by atoms with Crippen molar-refractivity contribution in [1.29, 1.82) is 0 Å². The summed E-state index contributed by atoms with van der Waals surface area (Å²) in [6.45, 7) is 2.03. The van der Waals surface area contributed by atoms with Crippen LogP contribution in [0.4, 0.5) is 0 Å². The van der Waals surface area contributed by atoms with E-state index in [1.807, 2.05) is 25.1 Å². The Morgan fingerprint density at radius 1 is 1.08 bits per heavy atom. The van der Waals surface area contributed by atoms with Crippen molar-refractivity contribution >= 4 is 5.97 Å². The van der Waals surface area contributed by atoms with Gasteiger partial charge in [-0.05, 0) is 47.9 Å². The number of aliphatic hydroxyl groups is 1. The normalized spacial score (nSPS) is 10.7. The minimum Gasteiger partial charge on any atom is -0.478 e. The highest BCUT2D eigenvalue weighted by molar-refractivity contribution is 5.87. The quantitative estimate of drug-likeness (QED) is 0.737. The molecule has 0 aliphatic heterocycles. The van der Waals surface area contributed by atoms with E-state index in [0.29, 0.717) is 11.3 Å². The molecule has 2 N–H and O–H groups in total. The van der Waals surface area contributed by atoms with Gasteiger partial charge >= 0.3 is 5.97 Å². The third-order valence-electron chi connectivity index (χ3n) is 4.13. The predicted octanol–water partition coefficient (Wildman–Crippen LogP) is 2.46. The van der Waals surface area contributed by atoms with Crippen LogP contribution in [0.3, 0.4) is 0 Å². The van der Waals surface area contributed by atoms with Crippen LogP contribution in [0, 0.1) is 6.92 Å². The third-order valence-corrected chi connectivity index (χ3v) is 4.13. The highest BCUT2D eigenvalue weighted by atomic mass is 16.4. The zero-order valence-corrected chi connectivity index (χ0v) is 14.2. The van der Waals surface area contributed by atoms with Gasteiger partial charge in [0.25, 0.3) is 5.56 Å². The lowest BCUT2D eigenvalue weighted by Gasteiger charge is -2.10. The van der Waals surface area contributed by atoms with E-state index in [9.17, 15) is 14.7 Å². The van der Waals surface area contributed by atoms with Gasteiger partial charge in [0.2, 0.25) is 0 Å². The molecule has 0 atom stereocenters. The number of aromatic nitrogens is 2. The van der Waals surface area contributed by atoms with Gasteiger partial charge in [-0.15, -0.1) is 0 Å². The maximum atomic E-state index is 12.2. The van der Waals surface area contributed by atoms with Crippen LogP contribution in [-0.4, -0.2) is 26.0 Å². The molecule has 0 fully saturated rings. The van der Waals surface area contributed by atoms with Crippen molar-refractivity contribution in [3.63, 3.8) is 0 Å². The lowest BCUT2D eigenvalue weighted by atomic mass is 10.0. The maximum absolute atomic E-state index is 12.2. The number of carboxylic acid groups (broad SMARTS) is 1. The Labute approximate surface area is 150 Å². The van der Waals surface area contributed by atoms with Crippen LogP contribution < -0.4 is 5.56 Å². The summed E-state index contributed by atoms with van der Waals surface area (Å²) >= 11 is 0. The monoisotopic (exact) mass is 350 g/mol. The Bertz CT molecular complexity index is 1020.